The molecule has 0 aliphatic carbocycles. The molecule has 0 N–H and O–H groups in total. The minimum Gasteiger partial charge on any atom is -0.497 e. The van der Waals surface area contributed by atoms with Crippen molar-refractivity contribution < 1.29 is 4.74 Å². The molecule has 3 aromatic heterocycles. The second-order valence-corrected chi connectivity index (χ2v) is 7.46. The molecule has 1 aromatic carbocycles. The summed E-state index contributed by atoms with van der Waals surface area (Å²) < 4.78 is 9.21. The molecule has 29 heavy (non-hydrogen) atoms. The number of ether oxygens (including phenoxy) is 1. The quantitative estimate of drug-likeness (QED) is 0.523. The van der Waals surface area contributed by atoms with Gasteiger partial charge in [0.25, 0.3) is 0 Å². The maximum atomic E-state index is 5.28. The number of imidazole rings is 1. The molecular weight excluding hydrogens is 366 g/mol. The number of fused-ring (bicyclic) bond motifs is 1. The third-order valence-electron chi connectivity index (χ3n) is 5.52. The molecule has 5 rings (SSSR count). The van der Waals surface area contributed by atoms with Crippen molar-refractivity contribution in [3.8, 4) is 17.0 Å². The van der Waals surface area contributed by atoms with Crippen LogP contribution in [-0.4, -0.2) is 49.6 Å². The first-order valence-corrected chi connectivity index (χ1v) is 9.86. The second-order valence-electron chi connectivity index (χ2n) is 7.46. The van der Waals surface area contributed by atoms with Crippen molar-refractivity contribution >= 4 is 11.3 Å². The number of benzene rings is 1. The van der Waals surface area contributed by atoms with E-state index in [9.17, 15) is 0 Å². The van der Waals surface area contributed by atoms with Crippen molar-refractivity contribution in [2.24, 2.45) is 5.92 Å². The summed E-state index contributed by atoms with van der Waals surface area (Å²) in [6.45, 7) is 2.97. The van der Waals surface area contributed by atoms with Crippen LogP contribution < -0.4 is 9.64 Å². The molecular formula is C21H23N7O. The molecule has 8 nitrogen and oxygen atoms in total. The van der Waals surface area contributed by atoms with E-state index < -0.39 is 0 Å². The third-order valence-corrected chi connectivity index (χ3v) is 5.52. The highest BCUT2D eigenvalue weighted by Gasteiger charge is 2.23. The van der Waals surface area contributed by atoms with E-state index in [1.807, 2.05) is 43.0 Å². The van der Waals surface area contributed by atoms with Gasteiger partial charge in [0.1, 0.15) is 12.1 Å². The van der Waals surface area contributed by atoms with Crippen LogP contribution in [0.4, 0.5) is 5.69 Å². The molecule has 0 bridgehead atoms. The van der Waals surface area contributed by atoms with Crippen LogP contribution in [0.2, 0.25) is 0 Å². The van der Waals surface area contributed by atoms with Crippen LogP contribution >= 0.6 is 0 Å². The van der Waals surface area contributed by atoms with Crippen molar-refractivity contribution in [3.63, 3.8) is 0 Å². The molecule has 4 heterocycles. The summed E-state index contributed by atoms with van der Waals surface area (Å²) in [4.78, 5) is 6.59. The van der Waals surface area contributed by atoms with E-state index in [4.69, 9.17) is 9.84 Å². The fourth-order valence-corrected chi connectivity index (χ4v) is 4.07. The zero-order valence-corrected chi connectivity index (χ0v) is 16.3. The van der Waals surface area contributed by atoms with Gasteiger partial charge in [-0.2, -0.15) is 9.61 Å². The summed E-state index contributed by atoms with van der Waals surface area (Å²) in [5.74, 6) is 1.40. The molecule has 1 fully saturated rings. The molecule has 1 unspecified atom stereocenters. The average molecular weight is 389 g/mol. The summed E-state index contributed by atoms with van der Waals surface area (Å²) in [5.41, 5.74) is 3.81. The predicted octanol–water partition coefficient (Wildman–Crippen LogP) is 2.91. The van der Waals surface area contributed by atoms with Crippen LogP contribution in [-0.2, 0) is 6.54 Å². The van der Waals surface area contributed by atoms with Gasteiger partial charge in [0.15, 0.2) is 0 Å². The van der Waals surface area contributed by atoms with E-state index in [1.54, 1.807) is 18.0 Å². The Kier molecular flexibility index (Phi) is 4.59. The largest absolute Gasteiger partial charge is 0.497 e. The number of hydrogen-bond acceptors (Lipinski definition) is 6. The van der Waals surface area contributed by atoms with Crippen LogP contribution in [0.1, 0.15) is 12.8 Å². The first-order valence-electron chi connectivity index (χ1n) is 9.86. The number of nitrogens with zero attached hydrogens (tertiary/aromatic N) is 7. The molecule has 1 aliphatic heterocycles. The van der Waals surface area contributed by atoms with Gasteiger partial charge in [-0.15, -0.1) is 10.2 Å². The zero-order valence-electron chi connectivity index (χ0n) is 16.3. The number of rotatable bonds is 5. The Labute approximate surface area is 168 Å². The van der Waals surface area contributed by atoms with E-state index in [1.165, 1.54) is 6.42 Å². The lowest BCUT2D eigenvalue weighted by Gasteiger charge is -2.34. The molecule has 0 spiro atoms. The maximum Gasteiger partial charge on any atom is 0.200 e. The fourth-order valence-electron chi connectivity index (χ4n) is 4.07. The Morgan fingerprint density at radius 3 is 2.86 bits per heavy atom. The van der Waals surface area contributed by atoms with E-state index in [0.29, 0.717) is 5.92 Å². The highest BCUT2D eigenvalue weighted by molar-refractivity contribution is 5.74. The SMILES string of the molecule is COc1ccc(-c2cc(N3CCCC(Cn4ccnc4)C3)c3nncn3n2)cc1. The van der Waals surface area contributed by atoms with E-state index in [0.717, 1.165) is 54.4 Å². The highest BCUT2D eigenvalue weighted by atomic mass is 16.5. The first-order chi connectivity index (χ1) is 14.3. The lowest BCUT2D eigenvalue weighted by atomic mass is 9.97. The third kappa shape index (κ3) is 3.53. The van der Waals surface area contributed by atoms with Crippen LogP contribution in [0.3, 0.4) is 0 Å². The summed E-state index contributed by atoms with van der Waals surface area (Å²) in [5, 5.41) is 13.1. The molecule has 148 valence electrons. The Bertz CT molecular complexity index is 1090. The summed E-state index contributed by atoms with van der Waals surface area (Å²) in [6.07, 6.45) is 9.80. The summed E-state index contributed by atoms with van der Waals surface area (Å²) in [7, 11) is 1.67. The van der Waals surface area contributed by atoms with Gasteiger partial charge in [0.2, 0.25) is 5.65 Å². The molecule has 0 saturated carbocycles. The molecule has 0 amide bonds. The second kappa shape index (κ2) is 7.54. The van der Waals surface area contributed by atoms with Gasteiger partial charge >= 0.3 is 0 Å². The monoisotopic (exact) mass is 389 g/mol. The Hall–Kier alpha value is -3.42. The minimum atomic E-state index is 0.568. The van der Waals surface area contributed by atoms with Crippen LogP contribution in [0.15, 0.2) is 55.4 Å². The summed E-state index contributed by atoms with van der Waals surface area (Å²) >= 11 is 0. The normalized spacial score (nSPS) is 17.0. The smallest absolute Gasteiger partial charge is 0.200 e. The molecule has 4 aromatic rings. The molecule has 8 heteroatoms. The molecule has 0 radical (unpaired) electrons. The number of methoxy groups -OCH3 is 1. The standard InChI is InChI=1S/C21H23N7O/c1-29-18-6-4-17(5-7-18)19-11-20(21-24-23-15-28(21)25-19)27-9-2-3-16(13-27)12-26-10-8-22-14-26/h4-8,10-11,14-16H,2-3,9,12-13H2,1H3. The average Bonchev–Trinajstić information content (AvgIpc) is 3.45. The van der Waals surface area contributed by atoms with Crippen molar-refractivity contribution in [1.82, 2.24) is 29.4 Å². The number of hydrogen-bond donors (Lipinski definition) is 0. The van der Waals surface area contributed by atoms with E-state index >= 15 is 0 Å². The van der Waals surface area contributed by atoms with Crippen molar-refractivity contribution in [1.29, 1.82) is 0 Å². The minimum absolute atomic E-state index is 0.568. The Balaban J connectivity index is 1.47. The van der Waals surface area contributed by atoms with Gasteiger partial charge in [0.05, 0.1) is 24.8 Å². The van der Waals surface area contributed by atoms with E-state index in [-0.39, 0.29) is 0 Å². The lowest BCUT2D eigenvalue weighted by Crippen LogP contribution is -2.37. The number of aromatic nitrogens is 6. The van der Waals surface area contributed by atoms with E-state index in [2.05, 4.69) is 30.7 Å². The van der Waals surface area contributed by atoms with Gasteiger partial charge in [-0.1, -0.05) is 0 Å². The molecule has 1 saturated heterocycles. The van der Waals surface area contributed by atoms with Gasteiger partial charge in [-0.05, 0) is 49.1 Å². The summed E-state index contributed by atoms with van der Waals surface area (Å²) in [6, 6.07) is 10.1. The molecule has 1 aliphatic rings. The Morgan fingerprint density at radius 1 is 1.17 bits per heavy atom. The van der Waals surface area contributed by atoms with Gasteiger partial charge in [-0.3, -0.25) is 0 Å². The zero-order chi connectivity index (χ0) is 19.6. The predicted molar refractivity (Wildman–Crippen MR) is 110 cm³/mol. The fraction of sp³-hybridized carbons (Fsp3) is 0.333. The van der Waals surface area contributed by atoms with Gasteiger partial charge < -0.3 is 14.2 Å². The van der Waals surface area contributed by atoms with Crippen LogP contribution in [0.25, 0.3) is 16.9 Å². The first kappa shape index (κ1) is 17.7. The van der Waals surface area contributed by atoms with Gasteiger partial charge in [-0.25, -0.2) is 4.98 Å². The number of piperidine rings is 1. The number of anilines is 1. The van der Waals surface area contributed by atoms with Crippen molar-refractivity contribution in [2.45, 2.75) is 19.4 Å². The highest BCUT2D eigenvalue weighted by Crippen LogP contribution is 2.30. The van der Waals surface area contributed by atoms with Crippen molar-refractivity contribution in [3.05, 3.63) is 55.4 Å². The molecule has 1 atom stereocenters. The van der Waals surface area contributed by atoms with Crippen LogP contribution in [0.5, 0.6) is 5.75 Å². The lowest BCUT2D eigenvalue weighted by molar-refractivity contribution is 0.366. The van der Waals surface area contributed by atoms with Gasteiger partial charge in [0, 0.05) is 37.6 Å². The van der Waals surface area contributed by atoms with Crippen LogP contribution in [0, 0.1) is 5.92 Å². The maximum absolute atomic E-state index is 5.28. The van der Waals surface area contributed by atoms with Crippen molar-refractivity contribution in [2.75, 3.05) is 25.1 Å². The topological polar surface area (TPSA) is 73.4 Å². The Morgan fingerprint density at radius 2 is 2.07 bits per heavy atom.